The summed E-state index contributed by atoms with van der Waals surface area (Å²) in [5.74, 6) is -2.90. The van der Waals surface area contributed by atoms with Crippen molar-refractivity contribution in [3.8, 4) is 0 Å². The third-order valence-corrected chi connectivity index (χ3v) is 8.05. The van der Waals surface area contributed by atoms with Gasteiger partial charge in [-0.1, -0.05) is 45.4 Å². The third-order valence-electron chi connectivity index (χ3n) is 4.02. The van der Waals surface area contributed by atoms with E-state index < -0.39 is 11.9 Å². The molecule has 0 aromatic rings. The molecule has 0 rings (SSSR count). The fraction of sp³-hybridized carbons (Fsp3) is 0.810. The fourth-order valence-corrected chi connectivity index (χ4v) is 6.54. The van der Waals surface area contributed by atoms with Crippen LogP contribution in [-0.2, 0) is 9.59 Å². The van der Waals surface area contributed by atoms with Gasteiger partial charge in [0, 0.05) is 0 Å². The first-order chi connectivity index (χ1) is 12.5. The quantitative estimate of drug-likeness (QED) is 0.195. The van der Waals surface area contributed by atoms with E-state index in [0.717, 1.165) is 19.3 Å². The first kappa shape index (κ1) is 27.7. The molecule has 0 saturated heterocycles. The van der Waals surface area contributed by atoms with Gasteiger partial charge in [0.15, 0.2) is 0 Å². The molecule has 0 bridgehead atoms. The van der Waals surface area contributed by atoms with Gasteiger partial charge in [-0.05, 0) is 24.5 Å². The van der Waals surface area contributed by atoms with E-state index in [4.69, 9.17) is 0 Å². The minimum atomic E-state index is -1.48. The van der Waals surface area contributed by atoms with Crippen molar-refractivity contribution in [3.63, 3.8) is 0 Å². The van der Waals surface area contributed by atoms with Crippen molar-refractivity contribution in [2.45, 2.75) is 107 Å². The Morgan fingerprint density at radius 3 is 1.62 bits per heavy atom. The Morgan fingerprint density at radius 2 is 1.19 bits per heavy atom. The second kappa shape index (κ2) is 22.5. The zero-order valence-corrected chi connectivity index (χ0v) is 20.0. The summed E-state index contributed by atoms with van der Waals surface area (Å²) in [6.45, 7) is 6.73. The van der Waals surface area contributed by atoms with Crippen molar-refractivity contribution in [3.05, 3.63) is 11.6 Å². The van der Waals surface area contributed by atoms with Crippen LogP contribution >= 0.6 is 0 Å². The number of carboxylic acids is 2. The molecule has 4 nitrogen and oxygen atoms in total. The minimum absolute atomic E-state index is 0.149. The van der Waals surface area contributed by atoms with Crippen molar-refractivity contribution < 1.29 is 19.8 Å². The molecule has 0 amide bonds. The van der Waals surface area contributed by atoms with Crippen LogP contribution in [0.4, 0.5) is 0 Å². The monoisotopic (exact) mass is 474 g/mol. The predicted molar refractivity (Wildman–Crippen MR) is 106 cm³/mol. The first-order valence-corrected chi connectivity index (χ1v) is 14.4. The van der Waals surface area contributed by atoms with Gasteiger partial charge in [-0.2, -0.15) is 0 Å². The molecular weight excluding hydrogens is 435 g/mol. The van der Waals surface area contributed by atoms with E-state index in [1.54, 1.807) is 8.87 Å². The molecule has 0 aromatic carbocycles. The summed E-state index contributed by atoms with van der Waals surface area (Å²) in [6.07, 6.45) is 14.1. The summed E-state index contributed by atoms with van der Waals surface area (Å²) >= 11 is 0.149. The molecule has 0 aliphatic heterocycles. The third kappa shape index (κ3) is 23.5. The van der Waals surface area contributed by atoms with Crippen molar-refractivity contribution >= 4 is 33.1 Å². The van der Waals surface area contributed by atoms with Crippen LogP contribution in [0.3, 0.4) is 0 Å². The second-order valence-electron chi connectivity index (χ2n) is 6.60. The van der Waals surface area contributed by atoms with Crippen LogP contribution in [0.25, 0.3) is 0 Å². The fourth-order valence-electron chi connectivity index (χ4n) is 2.38. The predicted octanol–water partition coefficient (Wildman–Crippen LogP) is 3.68. The number of unbranched alkanes of at least 4 members (excludes halogenated alkanes) is 8. The van der Waals surface area contributed by atoms with Gasteiger partial charge in [-0.3, -0.25) is 0 Å². The molecule has 0 heterocycles. The summed E-state index contributed by atoms with van der Waals surface area (Å²) < 4.78 is 3.25. The number of aliphatic carboxylic acids is 2. The molecule has 5 heteroatoms. The summed E-state index contributed by atoms with van der Waals surface area (Å²) in [6, 6.07) is 0. The van der Waals surface area contributed by atoms with E-state index >= 15 is 0 Å². The van der Waals surface area contributed by atoms with Crippen molar-refractivity contribution in [1.82, 2.24) is 0 Å². The normalized spacial score (nSPS) is 10.7. The molecule has 0 N–H and O–H groups in total. The molecule has 0 spiro atoms. The molecule has 150 valence electrons. The molecule has 0 aliphatic rings. The summed E-state index contributed by atoms with van der Waals surface area (Å²) in [5, 5.41) is 20.8. The van der Waals surface area contributed by atoms with E-state index in [2.05, 4.69) is 20.8 Å². The van der Waals surface area contributed by atoms with E-state index in [1.807, 2.05) is 0 Å². The zero-order chi connectivity index (χ0) is 20.0. The number of carboxylic acid groups (broad SMARTS) is 2. The molecule has 0 unspecified atom stereocenters. The maximum atomic E-state index is 10.6. The molecule has 0 fully saturated rings. The van der Waals surface area contributed by atoms with Gasteiger partial charge >= 0.3 is 69.5 Å². The van der Waals surface area contributed by atoms with Gasteiger partial charge in [-0.15, -0.1) is 0 Å². The van der Waals surface area contributed by atoms with Gasteiger partial charge in [0.1, 0.15) is 0 Å². The van der Waals surface area contributed by atoms with Crippen LogP contribution in [0.15, 0.2) is 11.6 Å². The molecular formula is C21H38O4Sn. The van der Waals surface area contributed by atoms with Gasteiger partial charge in [-0.25, -0.2) is 0 Å². The summed E-state index contributed by atoms with van der Waals surface area (Å²) in [4.78, 5) is 20.8. The molecule has 0 aliphatic carbocycles. The zero-order valence-electron chi connectivity index (χ0n) is 17.1. The van der Waals surface area contributed by atoms with E-state index in [9.17, 15) is 19.8 Å². The topological polar surface area (TPSA) is 80.3 Å². The van der Waals surface area contributed by atoms with Gasteiger partial charge in [0.2, 0.25) is 0 Å². The van der Waals surface area contributed by atoms with Gasteiger partial charge in [0.05, 0.1) is 11.9 Å². The van der Waals surface area contributed by atoms with Crippen molar-refractivity contribution in [1.29, 1.82) is 0 Å². The number of hydrogen-bond acceptors (Lipinski definition) is 4. The van der Waals surface area contributed by atoms with Crippen LogP contribution in [0.1, 0.15) is 97.8 Å². The molecule has 0 aromatic heterocycles. The Labute approximate surface area is 171 Å². The van der Waals surface area contributed by atoms with E-state index in [0.29, 0.717) is 12.5 Å². The molecule has 26 heavy (non-hydrogen) atoms. The average molecular weight is 473 g/mol. The number of carbonyl (C=O) groups is 2. The molecule has 0 radical (unpaired) electrons. The number of carbonyl (C=O) groups excluding carboxylic acids is 2. The van der Waals surface area contributed by atoms with Crippen molar-refractivity contribution in [2.24, 2.45) is 0 Å². The standard InChI is InChI=1S/C13H22O4.2C4H9.Sn/c1-2-3-4-5-6-7-8-9-11(13(16)17)10-12(14)15;2*1-3-4-2;/h10H,2-9H2,1H3,(H,14,15)(H,16,17);2*1,3-4H2,2H3;/q;;;+2/p-2/b11-10-;;;. The molecule has 0 atom stereocenters. The van der Waals surface area contributed by atoms with Crippen molar-refractivity contribution in [2.75, 3.05) is 0 Å². The van der Waals surface area contributed by atoms with Gasteiger partial charge < -0.3 is 19.8 Å². The van der Waals surface area contributed by atoms with Crippen LogP contribution in [0.5, 0.6) is 0 Å². The average Bonchev–Trinajstić information content (AvgIpc) is 2.60. The Morgan fingerprint density at radius 1 is 0.731 bits per heavy atom. The molecule has 0 saturated carbocycles. The Bertz CT molecular complexity index is 361. The number of rotatable bonds is 16. The Kier molecular flexibility index (Phi) is 24.0. The van der Waals surface area contributed by atoms with Crippen LogP contribution in [0.2, 0.25) is 8.87 Å². The maximum absolute atomic E-state index is 10.6. The van der Waals surface area contributed by atoms with E-state index in [-0.39, 0.29) is 33.1 Å². The van der Waals surface area contributed by atoms with E-state index in [1.165, 1.54) is 44.9 Å². The van der Waals surface area contributed by atoms with Crippen LogP contribution in [0, 0.1) is 0 Å². The van der Waals surface area contributed by atoms with Crippen LogP contribution < -0.4 is 10.2 Å². The summed E-state index contributed by atoms with van der Waals surface area (Å²) in [5.41, 5.74) is -0.182. The first-order valence-electron chi connectivity index (χ1n) is 10.3. The van der Waals surface area contributed by atoms with Gasteiger partial charge in [0.25, 0.3) is 0 Å². The summed E-state index contributed by atoms with van der Waals surface area (Å²) in [7, 11) is 0. The Balaban J connectivity index is 0. The number of hydrogen-bond donors (Lipinski definition) is 0. The van der Waals surface area contributed by atoms with Crippen LogP contribution in [-0.4, -0.2) is 33.1 Å². The SMILES string of the molecule is CCCCCCCCC/C(=C/C(=O)[O-])C(=O)[O-].CCC[CH2][Sn+2][CH2]CCC. The Hall–Kier alpha value is -0.521. The second-order valence-corrected chi connectivity index (χ2v) is 10.9.